The molecule has 71 valence electrons. The first-order valence-electron chi connectivity index (χ1n) is 4.21. The van der Waals surface area contributed by atoms with Crippen LogP contribution in [0.2, 0.25) is 0 Å². The molecular weight excluding hydrogens is 162 g/mol. The van der Waals surface area contributed by atoms with Gasteiger partial charge in [-0.25, -0.2) is 0 Å². The van der Waals surface area contributed by atoms with Crippen LogP contribution in [0.3, 0.4) is 0 Å². The van der Waals surface area contributed by atoms with Crippen molar-refractivity contribution in [2.24, 2.45) is 0 Å². The minimum absolute atomic E-state index is 0.442. The van der Waals surface area contributed by atoms with E-state index in [0.29, 0.717) is 13.0 Å². The van der Waals surface area contributed by atoms with Gasteiger partial charge >= 0.3 is 0 Å². The maximum atomic E-state index is 11.5. The van der Waals surface area contributed by atoms with Gasteiger partial charge < -0.3 is 4.74 Å². The van der Waals surface area contributed by atoms with Crippen molar-refractivity contribution >= 4 is 0 Å². The molecule has 0 saturated heterocycles. The van der Waals surface area contributed by atoms with E-state index < -0.39 is 6.08 Å². The summed E-state index contributed by atoms with van der Waals surface area (Å²) in [7, 11) is 0. The van der Waals surface area contributed by atoms with Crippen LogP contribution in [0.25, 0.3) is 0 Å². The molecule has 0 spiro atoms. The average molecular weight is 177 g/mol. The minimum Gasteiger partial charge on any atom is -0.376 e. The van der Waals surface area contributed by atoms with Crippen molar-refractivity contribution in [3.63, 3.8) is 0 Å². The van der Waals surface area contributed by atoms with Crippen molar-refractivity contribution in [3.8, 4) is 0 Å². The van der Waals surface area contributed by atoms with Gasteiger partial charge in [-0.3, -0.25) is 0 Å². The van der Waals surface area contributed by atoms with Gasteiger partial charge in [-0.1, -0.05) is 6.92 Å². The molecule has 0 unspecified atom stereocenters. The largest absolute Gasteiger partial charge is 0.376 e. The summed E-state index contributed by atoms with van der Waals surface area (Å²) in [6.45, 7) is 4.35. The normalized spacial score (nSPS) is 9.92. The molecule has 0 aromatic heterocycles. The van der Waals surface area contributed by atoms with E-state index in [9.17, 15) is 8.78 Å². The Bertz CT molecular complexity index is 120. The van der Waals surface area contributed by atoms with E-state index in [1.54, 1.807) is 6.61 Å². The number of halogens is 2. The van der Waals surface area contributed by atoms with Gasteiger partial charge in [0, 0.05) is 6.61 Å². The lowest BCUT2D eigenvalue weighted by Crippen LogP contribution is -1.90. The Labute approximate surface area is 72.4 Å². The first-order chi connectivity index (χ1) is 5.77. The molecule has 0 atom stereocenters. The van der Waals surface area contributed by atoms with Crippen molar-refractivity contribution in [1.82, 2.24) is 0 Å². The van der Waals surface area contributed by atoms with Gasteiger partial charge in [-0.2, -0.15) is 8.78 Å². The molecular formula is C9H15F2O. The Morgan fingerprint density at radius 2 is 2.08 bits per heavy atom. The fourth-order valence-corrected chi connectivity index (χ4v) is 0.742. The van der Waals surface area contributed by atoms with Gasteiger partial charge in [0.05, 0.1) is 6.61 Å². The van der Waals surface area contributed by atoms with Gasteiger partial charge in [-0.05, 0) is 31.8 Å². The van der Waals surface area contributed by atoms with E-state index in [1.807, 2.05) is 6.92 Å². The molecule has 0 aliphatic heterocycles. The molecule has 0 amide bonds. The monoisotopic (exact) mass is 177 g/mol. The Balaban J connectivity index is 2.96. The van der Waals surface area contributed by atoms with Gasteiger partial charge in [-0.15, -0.1) is 0 Å². The highest BCUT2D eigenvalue weighted by Crippen LogP contribution is 2.04. The first-order valence-corrected chi connectivity index (χ1v) is 4.21. The van der Waals surface area contributed by atoms with Crippen LogP contribution in [0.5, 0.6) is 0 Å². The van der Waals surface area contributed by atoms with E-state index >= 15 is 0 Å². The first kappa shape index (κ1) is 11.6. The number of hydrogen-bond acceptors (Lipinski definition) is 1. The fraction of sp³-hybridized carbons (Fsp3) is 0.667. The summed E-state index contributed by atoms with van der Waals surface area (Å²) in [5.41, 5.74) is 0. The van der Waals surface area contributed by atoms with Crippen molar-refractivity contribution in [3.05, 3.63) is 18.8 Å². The molecule has 0 bridgehead atoms. The lowest BCUT2D eigenvalue weighted by molar-refractivity contribution is 0.189. The summed E-state index contributed by atoms with van der Waals surface area (Å²) < 4.78 is 28.0. The zero-order valence-electron chi connectivity index (χ0n) is 7.35. The maximum absolute atomic E-state index is 11.5. The predicted molar refractivity (Wildman–Crippen MR) is 44.7 cm³/mol. The summed E-state index contributed by atoms with van der Waals surface area (Å²) in [6.07, 6.45) is 2.28. The van der Waals surface area contributed by atoms with E-state index in [2.05, 4.69) is 0 Å². The molecule has 0 N–H and O–H groups in total. The molecule has 0 heterocycles. The number of allylic oxidation sites excluding steroid dienone is 1. The zero-order valence-corrected chi connectivity index (χ0v) is 7.35. The van der Waals surface area contributed by atoms with Crippen LogP contribution in [0.15, 0.2) is 12.2 Å². The second-order valence-electron chi connectivity index (χ2n) is 2.44. The van der Waals surface area contributed by atoms with Crippen LogP contribution in [0.4, 0.5) is 8.78 Å². The van der Waals surface area contributed by atoms with Gasteiger partial charge in [0.2, 0.25) is 0 Å². The number of ether oxygens (including phenoxy) is 1. The predicted octanol–water partition coefficient (Wildman–Crippen LogP) is 3.53. The van der Waals surface area contributed by atoms with Crippen molar-refractivity contribution < 1.29 is 13.5 Å². The van der Waals surface area contributed by atoms with Crippen LogP contribution in [0, 0.1) is 6.61 Å². The SMILES string of the molecule is CC[CH]OCCCCC=C(F)F. The molecule has 0 aromatic carbocycles. The highest BCUT2D eigenvalue weighted by atomic mass is 19.3. The molecule has 1 nitrogen and oxygen atoms in total. The maximum Gasteiger partial charge on any atom is 0.266 e. The van der Waals surface area contributed by atoms with E-state index in [4.69, 9.17) is 4.74 Å². The number of hydrogen-bond donors (Lipinski definition) is 0. The molecule has 1 radical (unpaired) electrons. The average Bonchev–Trinajstić information content (AvgIpc) is 2.02. The highest BCUT2D eigenvalue weighted by molar-refractivity contribution is 4.79. The molecule has 0 rings (SSSR count). The van der Waals surface area contributed by atoms with Crippen molar-refractivity contribution in [2.75, 3.05) is 6.61 Å². The third kappa shape index (κ3) is 9.56. The van der Waals surface area contributed by atoms with E-state index in [-0.39, 0.29) is 0 Å². The van der Waals surface area contributed by atoms with Crippen LogP contribution in [-0.4, -0.2) is 6.61 Å². The topological polar surface area (TPSA) is 9.23 Å². The zero-order chi connectivity index (χ0) is 9.23. The molecule has 12 heavy (non-hydrogen) atoms. The second kappa shape index (κ2) is 8.65. The fourth-order valence-electron chi connectivity index (χ4n) is 0.742. The molecule has 0 aliphatic carbocycles. The van der Waals surface area contributed by atoms with Crippen LogP contribution >= 0.6 is 0 Å². The Kier molecular flexibility index (Phi) is 8.34. The summed E-state index contributed by atoms with van der Waals surface area (Å²) in [4.78, 5) is 0. The smallest absolute Gasteiger partial charge is 0.266 e. The third-order valence-corrected chi connectivity index (χ3v) is 1.30. The molecule has 3 heteroatoms. The van der Waals surface area contributed by atoms with E-state index in [0.717, 1.165) is 25.3 Å². The van der Waals surface area contributed by atoms with Gasteiger partial charge in [0.1, 0.15) is 0 Å². The highest BCUT2D eigenvalue weighted by Gasteiger charge is 1.90. The molecule has 0 fully saturated rings. The Morgan fingerprint density at radius 3 is 2.67 bits per heavy atom. The molecule has 0 aliphatic rings. The second-order valence-corrected chi connectivity index (χ2v) is 2.44. The van der Waals surface area contributed by atoms with Gasteiger partial charge in [0.15, 0.2) is 0 Å². The lowest BCUT2D eigenvalue weighted by Gasteiger charge is -1.99. The summed E-state index contributed by atoms with van der Waals surface area (Å²) in [5, 5.41) is 0. The number of rotatable bonds is 7. The Hall–Kier alpha value is -0.440. The summed E-state index contributed by atoms with van der Waals surface area (Å²) in [5.74, 6) is 0. The minimum atomic E-state index is -1.59. The van der Waals surface area contributed by atoms with Crippen LogP contribution in [-0.2, 0) is 4.74 Å². The number of unbranched alkanes of at least 4 members (excludes halogenated alkanes) is 2. The van der Waals surface area contributed by atoms with Crippen molar-refractivity contribution in [1.29, 1.82) is 0 Å². The van der Waals surface area contributed by atoms with E-state index in [1.165, 1.54) is 0 Å². The third-order valence-electron chi connectivity index (χ3n) is 1.30. The molecule has 0 saturated carbocycles. The summed E-state index contributed by atoms with van der Waals surface area (Å²) >= 11 is 0. The van der Waals surface area contributed by atoms with Crippen LogP contribution < -0.4 is 0 Å². The summed E-state index contributed by atoms with van der Waals surface area (Å²) in [6, 6.07) is 0. The lowest BCUT2D eigenvalue weighted by atomic mass is 10.2. The quantitative estimate of drug-likeness (QED) is 0.540. The van der Waals surface area contributed by atoms with Crippen LogP contribution in [0.1, 0.15) is 32.6 Å². The van der Waals surface area contributed by atoms with Gasteiger partial charge in [0.25, 0.3) is 6.08 Å². The van der Waals surface area contributed by atoms with Crippen molar-refractivity contribution in [2.45, 2.75) is 32.6 Å². The molecule has 0 aromatic rings. The standard InChI is InChI=1S/C9H15F2O/c1-2-7-12-8-5-3-4-6-9(10)11/h6-7H,2-5,8H2,1H3. The Morgan fingerprint density at radius 1 is 1.33 bits per heavy atom.